The zero-order chi connectivity index (χ0) is 29.3. The molecule has 0 saturated heterocycles. The van der Waals surface area contributed by atoms with E-state index >= 15 is 0 Å². The summed E-state index contributed by atoms with van der Waals surface area (Å²) in [5, 5.41) is 59.1. The Bertz CT molecular complexity index is 1380. The van der Waals surface area contributed by atoms with Crippen molar-refractivity contribution in [2.24, 2.45) is 17.6 Å². The lowest BCUT2D eigenvalue weighted by atomic mass is 9.55. The van der Waals surface area contributed by atoms with Crippen LogP contribution in [0.4, 0.5) is 5.69 Å². The maximum absolute atomic E-state index is 13.8. The molecule has 0 aliphatic heterocycles. The summed E-state index contributed by atoms with van der Waals surface area (Å²) in [6.45, 7) is 3.39. The van der Waals surface area contributed by atoms with Crippen molar-refractivity contribution in [3.8, 4) is 5.75 Å². The van der Waals surface area contributed by atoms with E-state index in [9.17, 15) is 44.7 Å². The van der Waals surface area contributed by atoms with E-state index in [4.69, 9.17) is 5.73 Å². The van der Waals surface area contributed by atoms with Gasteiger partial charge in [0.25, 0.3) is 5.91 Å². The average molecular weight is 689 g/mol. The second kappa shape index (κ2) is 10.9. The van der Waals surface area contributed by atoms with E-state index in [0.717, 1.165) is 0 Å². The van der Waals surface area contributed by atoms with Crippen molar-refractivity contribution in [2.45, 2.75) is 48.8 Å². The first kappa shape index (κ1) is 31.7. The number of nitrogens with one attached hydrogen (secondary N) is 1. The number of rotatable bonds is 5. The molecule has 1 aromatic rings. The highest BCUT2D eigenvalue weighted by Gasteiger charge is 2.67. The number of carbonyl (C=O) groups is 4. The van der Waals surface area contributed by atoms with Gasteiger partial charge in [0.15, 0.2) is 17.1 Å². The van der Waals surface area contributed by atoms with Gasteiger partial charge in [-0.2, -0.15) is 0 Å². The molecule has 8 N–H and O–H groups in total. The fraction of sp³-hybridized carbons (Fsp3) is 0.462. The SMILES string of the molecule is Br.CCC(Br)C(=O)Nc1ccc2c(c1O)C(=O)C1=C(O)[C@]3(O)C(=O)C(C(N)=O)=C(O)[C@@H](N(C)C)C3C(O)C1C2C. The Balaban J connectivity index is 0.00000441. The number of halogens is 2. The molecular formula is C26H31Br2N3O9. The standard InChI is InChI=1S/C26H30BrN3O9.BrH/c1-5-10(27)25(38)29-11-7-6-9-8(2)12-14(19(32)13(9)18(11)31)22(35)26(39)16(20(12)33)17(30(3)4)21(34)15(23(26)36)24(28)37;/h6-8,10,12,16-17,20,31,33-35,39H,5H2,1-4H3,(H2,28,37)(H,29,38);1H/t8?,10?,12?,16?,17-,20?,26-;/m0./s1. The number of fused-ring (bicyclic) bond motifs is 3. The number of hydrogen-bond acceptors (Lipinski definition) is 10. The number of nitrogens with zero attached hydrogens (tertiary/aromatic N) is 1. The molecule has 218 valence electrons. The number of phenolic OH excluding ortho intramolecular Hbond substituents is 1. The highest BCUT2D eigenvalue weighted by atomic mass is 79.9. The molecular weight excluding hydrogens is 658 g/mol. The van der Waals surface area contributed by atoms with E-state index in [0.29, 0.717) is 12.0 Å². The van der Waals surface area contributed by atoms with Gasteiger partial charge < -0.3 is 36.6 Å². The Morgan fingerprint density at radius 3 is 2.33 bits per heavy atom. The molecule has 3 aliphatic carbocycles. The molecule has 0 heterocycles. The Morgan fingerprint density at radius 2 is 1.80 bits per heavy atom. The first-order valence-electron chi connectivity index (χ1n) is 12.3. The Morgan fingerprint density at radius 1 is 1.20 bits per heavy atom. The summed E-state index contributed by atoms with van der Waals surface area (Å²) in [4.78, 5) is 52.5. The van der Waals surface area contributed by atoms with Crippen molar-refractivity contribution in [3.05, 3.63) is 45.9 Å². The normalized spacial score (nSPS) is 30.2. The summed E-state index contributed by atoms with van der Waals surface area (Å²) in [6.07, 6.45) is -1.23. The number of primary amides is 1. The van der Waals surface area contributed by atoms with Crippen molar-refractivity contribution in [3.63, 3.8) is 0 Å². The van der Waals surface area contributed by atoms with E-state index in [1.54, 1.807) is 13.8 Å². The predicted octanol–water partition coefficient (Wildman–Crippen LogP) is 1.34. The summed E-state index contributed by atoms with van der Waals surface area (Å²) < 4.78 is 0. The maximum atomic E-state index is 13.8. The Labute approximate surface area is 248 Å². The van der Waals surface area contributed by atoms with Gasteiger partial charge in [0.1, 0.15) is 17.1 Å². The van der Waals surface area contributed by atoms with E-state index in [1.807, 2.05) is 0 Å². The van der Waals surface area contributed by atoms with Gasteiger partial charge in [0, 0.05) is 11.5 Å². The van der Waals surface area contributed by atoms with Crippen molar-refractivity contribution >= 4 is 62.0 Å². The summed E-state index contributed by atoms with van der Waals surface area (Å²) in [7, 11) is 2.93. The molecule has 0 fully saturated rings. The van der Waals surface area contributed by atoms with Gasteiger partial charge in [-0.15, -0.1) is 17.0 Å². The molecule has 0 saturated carbocycles. The summed E-state index contributed by atoms with van der Waals surface area (Å²) in [5.41, 5.74) is 0.782. The molecule has 1 aromatic carbocycles. The number of alkyl halides is 1. The van der Waals surface area contributed by atoms with Gasteiger partial charge >= 0.3 is 0 Å². The lowest BCUT2D eigenvalue weighted by Crippen LogP contribution is -2.68. The van der Waals surface area contributed by atoms with Crippen LogP contribution in [0.25, 0.3) is 0 Å². The number of benzene rings is 1. The number of anilines is 1. The van der Waals surface area contributed by atoms with Crippen molar-refractivity contribution in [1.29, 1.82) is 0 Å². The number of phenols is 1. The molecule has 4 rings (SSSR count). The Kier molecular flexibility index (Phi) is 8.65. The highest BCUT2D eigenvalue weighted by Crippen LogP contribution is 2.56. The molecule has 0 bridgehead atoms. The van der Waals surface area contributed by atoms with Crippen LogP contribution >= 0.6 is 32.9 Å². The third kappa shape index (κ3) is 4.28. The second-order valence-electron chi connectivity index (χ2n) is 10.3. The van der Waals surface area contributed by atoms with Gasteiger partial charge in [0.2, 0.25) is 11.7 Å². The van der Waals surface area contributed by atoms with Crippen LogP contribution in [0.1, 0.15) is 42.1 Å². The number of Topliss-reactive ketones (excluding diaryl/α,β-unsaturated/α-hetero) is 2. The van der Waals surface area contributed by atoms with Crippen molar-refractivity contribution < 1.29 is 44.7 Å². The molecule has 3 aliphatic rings. The number of likely N-dealkylation sites (N-methyl/N-ethyl adjacent to an activating group) is 1. The number of hydrogen-bond donors (Lipinski definition) is 7. The lowest BCUT2D eigenvalue weighted by Gasteiger charge is -2.53. The Hall–Kier alpha value is -2.78. The van der Waals surface area contributed by atoms with E-state index in [2.05, 4.69) is 21.2 Å². The molecule has 5 unspecified atom stereocenters. The minimum absolute atomic E-state index is 0. The third-order valence-corrected chi connectivity index (χ3v) is 9.10. The molecule has 14 heteroatoms. The molecule has 0 spiro atoms. The van der Waals surface area contributed by atoms with Crippen molar-refractivity contribution in [2.75, 3.05) is 19.4 Å². The van der Waals surface area contributed by atoms with Gasteiger partial charge in [-0.25, -0.2) is 0 Å². The molecule has 2 amide bonds. The smallest absolute Gasteiger partial charge is 0.255 e. The number of amides is 2. The molecule has 12 nitrogen and oxygen atoms in total. The lowest BCUT2D eigenvalue weighted by molar-refractivity contribution is -0.162. The largest absolute Gasteiger partial charge is 0.510 e. The molecule has 0 radical (unpaired) electrons. The molecule has 7 atom stereocenters. The predicted molar refractivity (Wildman–Crippen MR) is 152 cm³/mol. The van der Waals surface area contributed by atoms with Crippen LogP contribution in [0.5, 0.6) is 5.75 Å². The third-order valence-electron chi connectivity index (χ3n) is 8.03. The molecule has 40 heavy (non-hydrogen) atoms. The van der Waals surface area contributed by atoms with Crippen LogP contribution in [-0.2, 0) is 14.4 Å². The fourth-order valence-electron chi connectivity index (χ4n) is 6.12. The summed E-state index contributed by atoms with van der Waals surface area (Å²) in [5.74, 6) is -10.2. The number of ketones is 2. The van der Waals surface area contributed by atoms with E-state index < -0.39 is 92.1 Å². The monoisotopic (exact) mass is 687 g/mol. The number of aliphatic hydroxyl groups excluding tert-OH is 3. The summed E-state index contributed by atoms with van der Waals surface area (Å²) >= 11 is 3.21. The van der Waals surface area contributed by atoms with Gasteiger partial charge in [-0.05, 0) is 38.1 Å². The van der Waals surface area contributed by atoms with Crippen LogP contribution in [0.2, 0.25) is 0 Å². The number of nitrogens with two attached hydrogens (primary N) is 1. The second-order valence-corrected chi connectivity index (χ2v) is 11.4. The first-order chi connectivity index (χ1) is 18.1. The topological polar surface area (TPSA) is 211 Å². The number of carbonyl (C=O) groups excluding carboxylic acids is 4. The van der Waals surface area contributed by atoms with Crippen LogP contribution in [-0.4, -0.2) is 90.5 Å². The zero-order valence-electron chi connectivity index (χ0n) is 22.0. The fourth-order valence-corrected chi connectivity index (χ4v) is 6.23. The zero-order valence-corrected chi connectivity index (χ0v) is 25.3. The van der Waals surface area contributed by atoms with Gasteiger partial charge in [-0.1, -0.05) is 35.8 Å². The number of aliphatic hydroxyl groups is 4. The average Bonchev–Trinajstić information content (AvgIpc) is 2.86. The van der Waals surface area contributed by atoms with E-state index in [1.165, 1.54) is 31.1 Å². The highest BCUT2D eigenvalue weighted by molar-refractivity contribution is 9.10. The minimum Gasteiger partial charge on any atom is -0.510 e. The molecule has 0 aromatic heterocycles. The quantitative estimate of drug-likeness (QED) is 0.134. The van der Waals surface area contributed by atoms with Crippen LogP contribution in [0.3, 0.4) is 0 Å². The maximum Gasteiger partial charge on any atom is 0.255 e. The minimum atomic E-state index is -2.99. The number of aromatic hydroxyl groups is 1. The van der Waals surface area contributed by atoms with Gasteiger partial charge in [0.05, 0.1) is 34.1 Å². The first-order valence-corrected chi connectivity index (χ1v) is 13.2. The van der Waals surface area contributed by atoms with Crippen LogP contribution < -0.4 is 11.1 Å². The van der Waals surface area contributed by atoms with Crippen LogP contribution in [0.15, 0.2) is 34.8 Å². The van der Waals surface area contributed by atoms with E-state index in [-0.39, 0.29) is 28.2 Å². The van der Waals surface area contributed by atoms with Crippen molar-refractivity contribution in [1.82, 2.24) is 4.90 Å². The van der Waals surface area contributed by atoms with Crippen LogP contribution in [0, 0.1) is 11.8 Å². The van der Waals surface area contributed by atoms with Gasteiger partial charge in [-0.3, -0.25) is 24.1 Å². The summed E-state index contributed by atoms with van der Waals surface area (Å²) in [6, 6.07) is 1.58.